The van der Waals surface area contributed by atoms with Crippen LogP contribution in [0.4, 0.5) is 0 Å². The number of aryl methyl sites for hydroxylation is 2. The molecule has 0 fully saturated rings. The number of furan rings is 1. The Hall–Kier alpha value is -2.80. The van der Waals surface area contributed by atoms with Crippen LogP contribution in [0, 0.1) is 13.8 Å². The molecule has 3 aromatic rings. The van der Waals surface area contributed by atoms with Gasteiger partial charge in [-0.1, -0.05) is 29.5 Å². The molecule has 0 bridgehead atoms. The van der Waals surface area contributed by atoms with Crippen LogP contribution in [-0.4, -0.2) is 33.4 Å². The topological polar surface area (TPSA) is 70.2 Å². The summed E-state index contributed by atoms with van der Waals surface area (Å²) in [6.07, 6.45) is 3.40. The van der Waals surface area contributed by atoms with Crippen molar-refractivity contribution in [2.24, 2.45) is 0 Å². The third kappa shape index (κ3) is 3.98. The summed E-state index contributed by atoms with van der Waals surface area (Å²) in [6.45, 7) is 8.17. The molecular formula is C20H21N3O3S. The van der Waals surface area contributed by atoms with E-state index in [1.807, 2.05) is 42.7 Å². The molecule has 2 heterocycles. The fourth-order valence-electron chi connectivity index (χ4n) is 2.75. The number of Topliss-reactive ketones (excluding diaryl/α,β-unsaturated/α-hetero) is 1. The lowest BCUT2D eigenvalue weighted by Gasteiger charge is -2.09. The summed E-state index contributed by atoms with van der Waals surface area (Å²) < 4.78 is 12.6. The lowest BCUT2D eigenvalue weighted by atomic mass is 10.1. The fourth-order valence-corrected chi connectivity index (χ4v) is 3.58. The van der Waals surface area contributed by atoms with Crippen molar-refractivity contribution in [2.45, 2.75) is 25.5 Å². The molecule has 0 radical (unpaired) electrons. The van der Waals surface area contributed by atoms with Gasteiger partial charge in [0, 0.05) is 6.54 Å². The minimum Gasteiger partial charge on any atom is -0.496 e. The third-order valence-electron chi connectivity index (χ3n) is 4.12. The predicted molar refractivity (Wildman–Crippen MR) is 105 cm³/mol. The zero-order chi connectivity index (χ0) is 19.4. The van der Waals surface area contributed by atoms with E-state index in [0.717, 1.165) is 16.9 Å². The number of ketones is 1. The highest BCUT2D eigenvalue weighted by molar-refractivity contribution is 7.99. The number of ether oxygens (including phenoxy) is 1. The predicted octanol–water partition coefficient (Wildman–Crippen LogP) is 4.32. The Morgan fingerprint density at radius 3 is 2.81 bits per heavy atom. The molecule has 0 aliphatic rings. The fraction of sp³-hybridized carbons (Fsp3) is 0.250. The highest BCUT2D eigenvalue weighted by Gasteiger charge is 2.19. The van der Waals surface area contributed by atoms with Gasteiger partial charge in [-0.2, -0.15) is 0 Å². The van der Waals surface area contributed by atoms with E-state index in [9.17, 15) is 4.79 Å². The number of thioether (sulfide) groups is 1. The minimum absolute atomic E-state index is 0.0188. The monoisotopic (exact) mass is 383 g/mol. The van der Waals surface area contributed by atoms with Crippen molar-refractivity contribution in [3.8, 4) is 17.1 Å². The summed E-state index contributed by atoms with van der Waals surface area (Å²) in [7, 11) is 1.56. The highest BCUT2D eigenvalue weighted by atomic mass is 32.2. The summed E-state index contributed by atoms with van der Waals surface area (Å²) in [6, 6.07) is 7.43. The highest BCUT2D eigenvalue weighted by Crippen LogP contribution is 2.28. The van der Waals surface area contributed by atoms with Crippen LogP contribution in [0.1, 0.15) is 21.7 Å². The molecular weight excluding hydrogens is 362 g/mol. The summed E-state index contributed by atoms with van der Waals surface area (Å²) in [4.78, 5) is 12.7. The van der Waals surface area contributed by atoms with E-state index >= 15 is 0 Å². The third-order valence-corrected chi connectivity index (χ3v) is 5.08. The van der Waals surface area contributed by atoms with Crippen molar-refractivity contribution in [1.82, 2.24) is 14.8 Å². The molecule has 0 atom stereocenters. The average molecular weight is 383 g/mol. The maximum absolute atomic E-state index is 12.7. The average Bonchev–Trinajstić information content (AvgIpc) is 3.25. The van der Waals surface area contributed by atoms with Gasteiger partial charge in [-0.15, -0.1) is 16.8 Å². The molecule has 2 aromatic heterocycles. The van der Waals surface area contributed by atoms with E-state index in [1.54, 1.807) is 19.4 Å². The maximum Gasteiger partial charge on any atom is 0.192 e. The van der Waals surface area contributed by atoms with E-state index in [-0.39, 0.29) is 11.5 Å². The maximum atomic E-state index is 12.7. The smallest absolute Gasteiger partial charge is 0.192 e. The molecule has 0 saturated heterocycles. The van der Waals surface area contributed by atoms with Gasteiger partial charge in [-0.05, 0) is 32.0 Å². The number of benzene rings is 1. The summed E-state index contributed by atoms with van der Waals surface area (Å²) >= 11 is 1.34. The largest absolute Gasteiger partial charge is 0.496 e. The molecule has 1 aromatic carbocycles. The summed E-state index contributed by atoms with van der Waals surface area (Å²) in [5, 5.41) is 9.20. The number of hydrogen-bond acceptors (Lipinski definition) is 6. The second-order valence-corrected chi connectivity index (χ2v) is 6.95. The first-order valence-electron chi connectivity index (χ1n) is 8.44. The van der Waals surface area contributed by atoms with Crippen LogP contribution in [0.25, 0.3) is 11.4 Å². The van der Waals surface area contributed by atoms with Crippen molar-refractivity contribution >= 4 is 17.5 Å². The zero-order valence-electron chi connectivity index (χ0n) is 15.6. The van der Waals surface area contributed by atoms with E-state index in [2.05, 4.69) is 16.8 Å². The number of rotatable bonds is 8. The van der Waals surface area contributed by atoms with Gasteiger partial charge in [0.2, 0.25) is 0 Å². The van der Waals surface area contributed by atoms with Crippen molar-refractivity contribution in [1.29, 1.82) is 0 Å². The first-order chi connectivity index (χ1) is 13.0. The van der Waals surface area contributed by atoms with E-state index in [4.69, 9.17) is 9.15 Å². The molecule has 0 spiro atoms. The van der Waals surface area contributed by atoms with Gasteiger partial charge in [-0.25, -0.2) is 0 Å². The summed E-state index contributed by atoms with van der Waals surface area (Å²) in [5.74, 6) is 2.26. The molecule has 140 valence electrons. The molecule has 0 saturated carbocycles. The number of hydrogen-bond donors (Lipinski definition) is 0. The Balaban J connectivity index is 1.83. The van der Waals surface area contributed by atoms with E-state index in [0.29, 0.717) is 28.8 Å². The molecule has 27 heavy (non-hydrogen) atoms. The lowest BCUT2D eigenvalue weighted by Crippen LogP contribution is -2.07. The number of carbonyl (C=O) groups excluding carboxylic acids is 1. The standard InChI is InChI=1S/C20H21N3O3S/c1-5-9-23-19(15-8-10-26-14(15)3)21-22-20(23)27-12-17(24)16-11-13(2)6-7-18(16)25-4/h5-8,10-11H,1,9,12H2,2-4H3. The minimum atomic E-state index is -0.0188. The van der Waals surface area contributed by atoms with Gasteiger partial charge in [0.15, 0.2) is 16.8 Å². The Labute approximate surface area is 162 Å². The normalized spacial score (nSPS) is 10.8. The zero-order valence-corrected chi connectivity index (χ0v) is 16.4. The lowest BCUT2D eigenvalue weighted by molar-refractivity contribution is 0.101. The van der Waals surface area contributed by atoms with Crippen LogP contribution in [0.15, 0.2) is 52.8 Å². The van der Waals surface area contributed by atoms with Gasteiger partial charge in [0.25, 0.3) is 0 Å². The molecule has 0 aliphatic carbocycles. The number of methoxy groups -OCH3 is 1. The van der Waals surface area contributed by atoms with Crippen LogP contribution in [0.2, 0.25) is 0 Å². The van der Waals surface area contributed by atoms with E-state index < -0.39 is 0 Å². The van der Waals surface area contributed by atoms with Crippen LogP contribution >= 0.6 is 11.8 Å². The van der Waals surface area contributed by atoms with Crippen LogP contribution < -0.4 is 4.74 Å². The summed E-state index contributed by atoms with van der Waals surface area (Å²) in [5.41, 5.74) is 2.46. The Kier molecular flexibility index (Phi) is 5.81. The van der Waals surface area contributed by atoms with Gasteiger partial charge >= 0.3 is 0 Å². The SMILES string of the molecule is C=CCn1c(SCC(=O)c2cc(C)ccc2OC)nnc1-c1ccoc1C. The first-order valence-corrected chi connectivity index (χ1v) is 9.43. The van der Waals surface area contributed by atoms with Crippen molar-refractivity contribution in [2.75, 3.05) is 12.9 Å². The van der Waals surface area contributed by atoms with Gasteiger partial charge in [0.1, 0.15) is 11.5 Å². The Bertz CT molecular complexity index is 975. The quantitative estimate of drug-likeness (QED) is 0.328. The van der Waals surface area contributed by atoms with Gasteiger partial charge < -0.3 is 9.15 Å². The number of carbonyl (C=O) groups is 1. The first kappa shape index (κ1) is 19.0. The number of nitrogens with zero attached hydrogens (tertiary/aromatic N) is 3. The molecule has 0 N–H and O–H groups in total. The van der Waals surface area contributed by atoms with Crippen LogP contribution in [0.3, 0.4) is 0 Å². The van der Waals surface area contributed by atoms with Crippen LogP contribution in [0.5, 0.6) is 5.75 Å². The molecule has 6 nitrogen and oxygen atoms in total. The molecule has 0 aliphatic heterocycles. The number of allylic oxidation sites excluding steroid dienone is 1. The molecule has 3 rings (SSSR count). The van der Waals surface area contributed by atoms with E-state index in [1.165, 1.54) is 11.8 Å². The number of aromatic nitrogens is 3. The van der Waals surface area contributed by atoms with Crippen molar-refractivity contribution in [3.63, 3.8) is 0 Å². The van der Waals surface area contributed by atoms with Gasteiger partial charge in [0.05, 0.1) is 30.3 Å². The Morgan fingerprint density at radius 1 is 1.33 bits per heavy atom. The molecule has 0 unspecified atom stereocenters. The Morgan fingerprint density at radius 2 is 2.15 bits per heavy atom. The van der Waals surface area contributed by atoms with Crippen molar-refractivity contribution in [3.05, 3.63) is 60.1 Å². The second kappa shape index (κ2) is 8.26. The molecule has 7 heteroatoms. The molecule has 0 amide bonds. The van der Waals surface area contributed by atoms with Crippen molar-refractivity contribution < 1.29 is 13.9 Å². The van der Waals surface area contributed by atoms with Crippen LogP contribution in [-0.2, 0) is 6.54 Å². The second-order valence-electron chi connectivity index (χ2n) is 6.01. The van der Waals surface area contributed by atoms with Gasteiger partial charge in [-0.3, -0.25) is 9.36 Å².